The van der Waals surface area contributed by atoms with E-state index in [1.807, 2.05) is 13.8 Å². The van der Waals surface area contributed by atoms with Gasteiger partial charge in [-0.05, 0) is 65.8 Å². The molecule has 0 radical (unpaired) electrons. The summed E-state index contributed by atoms with van der Waals surface area (Å²) in [5, 5.41) is 3.16. The van der Waals surface area contributed by atoms with Crippen molar-refractivity contribution in [2.45, 2.75) is 73.6 Å². The van der Waals surface area contributed by atoms with Crippen molar-refractivity contribution in [3.05, 3.63) is 33.7 Å². The van der Waals surface area contributed by atoms with E-state index in [0.29, 0.717) is 22.9 Å². The van der Waals surface area contributed by atoms with Crippen LogP contribution < -0.4 is 0 Å². The minimum atomic E-state index is 0.401. The van der Waals surface area contributed by atoms with E-state index in [-0.39, 0.29) is 0 Å². The van der Waals surface area contributed by atoms with Crippen LogP contribution in [0.4, 0.5) is 5.69 Å². The monoisotopic (exact) mass is 289 g/mol. The quantitative estimate of drug-likeness (QED) is 0.538. The van der Waals surface area contributed by atoms with Crippen molar-refractivity contribution in [1.82, 2.24) is 0 Å². The minimum Gasteiger partial charge on any atom is -0.145 e. The second-order valence-electron chi connectivity index (χ2n) is 7.90. The Bertz CT molecular complexity index is 460. The molecule has 0 heterocycles. The molecule has 1 aromatic rings. The molecular weight excluding hydrogens is 258 g/mol. The molecule has 0 aliphatic carbocycles. The first kappa shape index (κ1) is 17.9. The van der Waals surface area contributed by atoms with Crippen LogP contribution in [0.25, 0.3) is 0 Å². The number of hydrogen-bond donors (Lipinski definition) is 0. The van der Waals surface area contributed by atoms with Crippen molar-refractivity contribution in [1.29, 1.82) is 0 Å². The molecule has 0 aliphatic heterocycles. The Morgan fingerprint density at radius 1 is 1.10 bits per heavy atom. The lowest BCUT2D eigenvalue weighted by Gasteiger charge is -2.25. The molecule has 0 fully saturated rings. The summed E-state index contributed by atoms with van der Waals surface area (Å²) in [6.45, 7) is 15.5. The molecular formula is C19H31NO. The summed E-state index contributed by atoms with van der Waals surface area (Å²) in [5.41, 5.74) is 4.37. The van der Waals surface area contributed by atoms with Crippen LogP contribution in [0.5, 0.6) is 0 Å². The number of rotatable bonds is 6. The van der Waals surface area contributed by atoms with Gasteiger partial charge in [0.2, 0.25) is 0 Å². The maximum Gasteiger partial charge on any atom is 0.113 e. The molecule has 1 rings (SSSR count). The topological polar surface area (TPSA) is 29.4 Å². The summed E-state index contributed by atoms with van der Waals surface area (Å²) in [7, 11) is 0. The summed E-state index contributed by atoms with van der Waals surface area (Å²) in [4.78, 5) is 10.9. The average molecular weight is 289 g/mol. The highest BCUT2D eigenvalue weighted by Gasteiger charge is 2.19. The molecule has 21 heavy (non-hydrogen) atoms. The zero-order valence-corrected chi connectivity index (χ0v) is 14.8. The number of benzene rings is 1. The Morgan fingerprint density at radius 2 is 1.62 bits per heavy atom. The van der Waals surface area contributed by atoms with Gasteiger partial charge in [0.15, 0.2) is 0 Å². The zero-order valence-electron chi connectivity index (χ0n) is 14.8. The SMILES string of the molecule is Cc1cc(C(CCCC(C)(C)C)C(C)C)cc(C)c1N=O. The first-order chi connectivity index (χ1) is 9.65. The second-order valence-corrected chi connectivity index (χ2v) is 7.90. The van der Waals surface area contributed by atoms with Gasteiger partial charge in [0.05, 0.1) is 0 Å². The van der Waals surface area contributed by atoms with Crippen molar-refractivity contribution < 1.29 is 0 Å². The first-order valence-electron chi connectivity index (χ1n) is 8.10. The molecule has 0 amide bonds. The lowest BCUT2D eigenvalue weighted by atomic mass is 9.80. The standard InChI is InChI=1S/C19H31NO/c1-13(2)17(9-8-10-19(5,6)7)16-11-14(3)18(20-21)15(4)12-16/h11-13,17H,8-10H2,1-7H3. The fraction of sp³-hybridized carbons (Fsp3) is 0.684. The molecule has 0 aliphatic rings. The second kappa shape index (κ2) is 7.20. The van der Waals surface area contributed by atoms with E-state index in [1.165, 1.54) is 24.8 Å². The van der Waals surface area contributed by atoms with E-state index in [4.69, 9.17) is 0 Å². The molecule has 118 valence electrons. The van der Waals surface area contributed by atoms with Crippen LogP contribution in [0, 0.1) is 30.1 Å². The van der Waals surface area contributed by atoms with E-state index in [0.717, 1.165) is 11.1 Å². The van der Waals surface area contributed by atoms with Crippen LogP contribution in [0.2, 0.25) is 0 Å². The summed E-state index contributed by atoms with van der Waals surface area (Å²) < 4.78 is 0. The minimum absolute atomic E-state index is 0.401. The van der Waals surface area contributed by atoms with Crippen molar-refractivity contribution in [2.75, 3.05) is 0 Å². The average Bonchev–Trinajstić information content (AvgIpc) is 2.32. The predicted octanol–water partition coefficient (Wildman–Crippen LogP) is 6.66. The van der Waals surface area contributed by atoms with Gasteiger partial charge in [-0.2, -0.15) is 0 Å². The zero-order chi connectivity index (χ0) is 16.2. The van der Waals surface area contributed by atoms with Crippen LogP contribution in [-0.4, -0.2) is 0 Å². The molecule has 1 aromatic carbocycles. The Hall–Kier alpha value is -1.18. The van der Waals surface area contributed by atoms with Gasteiger partial charge in [-0.3, -0.25) is 0 Å². The van der Waals surface area contributed by atoms with Crippen molar-refractivity contribution >= 4 is 5.69 Å². The molecule has 1 unspecified atom stereocenters. The van der Waals surface area contributed by atoms with Crippen LogP contribution >= 0.6 is 0 Å². The van der Waals surface area contributed by atoms with E-state index < -0.39 is 0 Å². The predicted molar refractivity (Wildman–Crippen MR) is 92.3 cm³/mol. The van der Waals surface area contributed by atoms with Gasteiger partial charge in [0.25, 0.3) is 0 Å². The molecule has 0 saturated heterocycles. The maximum absolute atomic E-state index is 10.9. The first-order valence-corrected chi connectivity index (χ1v) is 8.10. The molecule has 0 spiro atoms. The third-order valence-electron chi connectivity index (χ3n) is 4.28. The number of aryl methyl sites for hydroxylation is 2. The van der Waals surface area contributed by atoms with Crippen molar-refractivity contribution in [3.63, 3.8) is 0 Å². The van der Waals surface area contributed by atoms with Crippen LogP contribution in [0.3, 0.4) is 0 Å². The number of nitrogens with zero attached hydrogens (tertiary/aromatic N) is 1. The van der Waals surface area contributed by atoms with Crippen LogP contribution in [0.1, 0.15) is 76.5 Å². The van der Waals surface area contributed by atoms with Gasteiger partial charge in [0.1, 0.15) is 5.69 Å². The number of hydrogen-bond acceptors (Lipinski definition) is 2. The highest BCUT2D eigenvalue weighted by Crippen LogP contribution is 2.35. The molecule has 0 aromatic heterocycles. The molecule has 0 bridgehead atoms. The Kier molecular flexibility index (Phi) is 6.12. The Labute approximate surface area is 130 Å². The smallest absolute Gasteiger partial charge is 0.113 e. The van der Waals surface area contributed by atoms with Gasteiger partial charge >= 0.3 is 0 Å². The highest BCUT2D eigenvalue weighted by atomic mass is 16.3. The summed E-state index contributed by atoms with van der Waals surface area (Å²) in [6, 6.07) is 4.32. The largest absolute Gasteiger partial charge is 0.145 e. The Morgan fingerprint density at radius 3 is 2.00 bits per heavy atom. The van der Waals surface area contributed by atoms with Crippen LogP contribution in [0.15, 0.2) is 17.3 Å². The third-order valence-corrected chi connectivity index (χ3v) is 4.28. The summed E-state index contributed by atoms with van der Waals surface area (Å²) >= 11 is 0. The van der Waals surface area contributed by atoms with Crippen LogP contribution in [-0.2, 0) is 0 Å². The van der Waals surface area contributed by atoms with Gasteiger partial charge in [-0.15, -0.1) is 4.91 Å². The third kappa shape index (κ3) is 5.26. The molecule has 1 atom stereocenters. The van der Waals surface area contributed by atoms with E-state index in [2.05, 4.69) is 51.9 Å². The fourth-order valence-corrected chi connectivity index (χ4v) is 3.08. The summed E-state index contributed by atoms with van der Waals surface area (Å²) in [6.07, 6.45) is 3.71. The van der Waals surface area contributed by atoms with Gasteiger partial charge in [0, 0.05) is 0 Å². The molecule has 2 heteroatoms. The van der Waals surface area contributed by atoms with E-state index in [9.17, 15) is 4.91 Å². The summed E-state index contributed by atoms with van der Waals surface area (Å²) in [5.74, 6) is 1.17. The Balaban J connectivity index is 2.94. The van der Waals surface area contributed by atoms with Crippen molar-refractivity contribution in [3.8, 4) is 0 Å². The molecule has 0 saturated carbocycles. The normalized spacial score (nSPS) is 13.5. The maximum atomic E-state index is 10.9. The molecule has 0 N–H and O–H groups in total. The van der Waals surface area contributed by atoms with Gasteiger partial charge in [-0.25, -0.2) is 0 Å². The van der Waals surface area contributed by atoms with E-state index in [1.54, 1.807) is 0 Å². The van der Waals surface area contributed by atoms with Crippen molar-refractivity contribution in [2.24, 2.45) is 16.5 Å². The van der Waals surface area contributed by atoms with Gasteiger partial charge in [-0.1, -0.05) is 53.2 Å². The number of nitroso groups, excluding NO2 is 1. The van der Waals surface area contributed by atoms with Gasteiger partial charge < -0.3 is 0 Å². The lowest BCUT2D eigenvalue weighted by Crippen LogP contribution is -2.10. The highest BCUT2D eigenvalue weighted by molar-refractivity contribution is 5.54. The molecule has 2 nitrogen and oxygen atoms in total. The lowest BCUT2D eigenvalue weighted by molar-refractivity contribution is 0.339. The van der Waals surface area contributed by atoms with E-state index >= 15 is 0 Å². The fourth-order valence-electron chi connectivity index (χ4n) is 3.08.